The minimum atomic E-state index is -3.34. The third-order valence-electron chi connectivity index (χ3n) is 6.04. The van der Waals surface area contributed by atoms with Crippen molar-refractivity contribution < 1.29 is 17.0 Å². The van der Waals surface area contributed by atoms with Crippen LogP contribution in [0.1, 0.15) is 148 Å². The summed E-state index contributed by atoms with van der Waals surface area (Å²) in [6.07, 6.45) is 25.7. The van der Waals surface area contributed by atoms with E-state index in [1.807, 2.05) is 14.1 Å². The predicted molar refractivity (Wildman–Crippen MR) is 148 cm³/mol. The van der Waals surface area contributed by atoms with Crippen LogP contribution in [0, 0.1) is 0 Å². The maximum atomic E-state index is 12.0. The van der Waals surface area contributed by atoms with E-state index < -0.39 is 10.1 Å². The third-order valence-corrected chi connectivity index (χ3v) is 7.35. The smallest absolute Gasteiger partial charge is 0.267 e. The predicted octanol–water partition coefficient (Wildman–Crippen LogP) is 8.74. The minimum Gasteiger partial charge on any atom is -0.323 e. The van der Waals surface area contributed by atoms with Crippen molar-refractivity contribution in [2.75, 3.05) is 33.1 Å². The van der Waals surface area contributed by atoms with Crippen molar-refractivity contribution in [3.63, 3.8) is 0 Å². The Hall–Kier alpha value is -0.200. The van der Waals surface area contributed by atoms with Crippen LogP contribution >= 0.6 is 0 Å². The van der Waals surface area contributed by atoms with E-state index in [1.165, 1.54) is 89.9 Å². The summed E-state index contributed by atoms with van der Waals surface area (Å²) in [4.78, 5) is 0. The Kier molecular flexibility index (Phi) is 32.6. The summed E-state index contributed by atoms with van der Waals surface area (Å²) in [5.74, 6) is 0.161. The first-order valence-electron chi connectivity index (χ1n) is 14.6. The fraction of sp³-hybridized carbons (Fsp3) is 1.00. The summed E-state index contributed by atoms with van der Waals surface area (Å²) in [5, 5.41) is 2.75. The van der Waals surface area contributed by atoms with Gasteiger partial charge in [-0.15, -0.1) is 0 Å². The highest BCUT2D eigenvalue weighted by molar-refractivity contribution is 7.86. The fourth-order valence-electron chi connectivity index (χ4n) is 3.98. The highest BCUT2D eigenvalue weighted by Gasteiger charge is 2.10. The molecule has 6 heteroatoms. The van der Waals surface area contributed by atoms with Crippen LogP contribution in [0.3, 0.4) is 0 Å². The van der Waals surface area contributed by atoms with Crippen molar-refractivity contribution in [2.24, 2.45) is 0 Å². The Morgan fingerprint density at radius 2 is 0.882 bits per heavy atom. The van der Waals surface area contributed by atoms with Crippen molar-refractivity contribution >= 4 is 10.1 Å². The normalized spacial score (nSPS) is 11.4. The molecule has 0 aromatic rings. The van der Waals surface area contributed by atoms with Crippen molar-refractivity contribution in [3.8, 4) is 0 Å². The average molecular weight is 510 g/mol. The molecule has 0 aliphatic carbocycles. The van der Waals surface area contributed by atoms with E-state index >= 15 is 0 Å². The molecule has 0 aromatic heterocycles. The lowest BCUT2D eigenvalue weighted by Gasteiger charge is -2.06. The van der Waals surface area contributed by atoms with E-state index in [9.17, 15) is 12.8 Å². The van der Waals surface area contributed by atoms with Crippen molar-refractivity contribution in [1.82, 2.24) is 5.32 Å². The van der Waals surface area contributed by atoms with Gasteiger partial charge in [-0.05, 0) is 33.4 Å². The molecule has 0 amide bonds. The summed E-state index contributed by atoms with van der Waals surface area (Å²) >= 11 is 0. The Balaban J connectivity index is 0. The summed E-state index contributed by atoms with van der Waals surface area (Å²) in [7, 11) is 0.413. The van der Waals surface area contributed by atoms with Gasteiger partial charge in [-0.1, -0.05) is 129 Å². The summed E-state index contributed by atoms with van der Waals surface area (Å²) in [6.45, 7) is 2.42. The lowest BCUT2D eigenvalue weighted by molar-refractivity contribution is 0.305. The number of nitrogens with one attached hydrogen (secondary N) is 1. The Labute approximate surface area is 213 Å². The number of halogens is 1. The quantitative estimate of drug-likeness (QED) is 0.0935. The first-order valence-corrected chi connectivity index (χ1v) is 16.1. The number of hydrogen-bond acceptors (Lipinski definition) is 4. The van der Waals surface area contributed by atoms with Crippen molar-refractivity contribution in [2.45, 2.75) is 148 Å². The molecule has 0 aromatic carbocycles. The van der Waals surface area contributed by atoms with Gasteiger partial charge in [0.25, 0.3) is 10.1 Å². The SMILES string of the molecule is CCCCCCCCCCCCCCOS(=O)(=O)CCCCCCCCCCCCF.CNC. The zero-order valence-electron chi connectivity index (χ0n) is 23.2. The molecule has 0 saturated heterocycles. The van der Waals surface area contributed by atoms with Crippen molar-refractivity contribution in [1.29, 1.82) is 0 Å². The first-order chi connectivity index (χ1) is 16.5. The van der Waals surface area contributed by atoms with Crippen LogP contribution in [-0.2, 0) is 14.3 Å². The number of alkyl halides is 1. The van der Waals surface area contributed by atoms with Gasteiger partial charge in [0.2, 0.25) is 0 Å². The molecule has 0 bridgehead atoms. The second-order valence-electron chi connectivity index (χ2n) is 9.70. The lowest BCUT2D eigenvalue weighted by atomic mass is 10.1. The highest BCUT2D eigenvalue weighted by atomic mass is 32.2. The molecular weight excluding hydrogens is 449 g/mol. The molecule has 0 rings (SSSR count). The largest absolute Gasteiger partial charge is 0.323 e. The second-order valence-corrected chi connectivity index (χ2v) is 11.5. The molecule has 0 saturated carbocycles. The standard InChI is InChI=1S/C26H53FO3S.C2H7N/c1-2-3-4-5-6-7-8-10-13-16-19-22-25-30-31(28,29)26-23-20-17-14-11-9-12-15-18-21-24-27;1-3-2/h2-26H2,1H3;3H,1-2H3. The summed E-state index contributed by atoms with van der Waals surface area (Å²) in [6, 6.07) is 0. The molecule has 208 valence electrons. The van der Waals surface area contributed by atoms with Gasteiger partial charge in [-0.3, -0.25) is 8.57 Å². The molecule has 0 fully saturated rings. The Morgan fingerprint density at radius 1 is 0.559 bits per heavy atom. The van der Waals surface area contributed by atoms with Crippen LogP contribution < -0.4 is 5.32 Å². The average Bonchev–Trinajstić information content (AvgIpc) is 2.81. The molecule has 0 unspecified atom stereocenters. The molecule has 0 radical (unpaired) electrons. The van der Waals surface area contributed by atoms with E-state index in [2.05, 4.69) is 12.2 Å². The zero-order chi connectivity index (χ0) is 25.6. The summed E-state index contributed by atoms with van der Waals surface area (Å²) < 4.78 is 41.0. The second kappa shape index (κ2) is 30.8. The van der Waals surface area contributed by atoms with Gasteiger partial charge in [0.05, 0.1) is 19.0 Å². The zero-order valence-corrected chi connectivity index (χ0v) is 24.0. The van der Waals surface area contributed by atoms with E-state index in [1.54, 1.807) is 0 Å². The highest BCUT2D eigenvalue weighted by Crippen LogP contribution is 2.13. The van der Waals surface area contributed by atoms with Crippen LogP contribution in [0.25, 0.3) is 0 Å². The van der Waals surface area contributed by atoms with E-state index in [4.69, 9.17) is 4.18 Å². The number of unbranched alkanes of at least 4 members (excludes halogenated alkanes) is 20. The van der Waals surface area contributed by atoms with E-state index in [-0.39, 0.29) is 12.4 Å². The van der Waals surface area contributed by atoms with E-state index in [0.717, 1.165) is 38.5 Å². The van der Waals surface area contributed by atoms with Gasteiger partial charge in [-0.2, -0.15) is 8.42 Å². The molecule has 1 N–H and O–H groups in total. The first kappa shape index (κ1) is 36.0. The van der Waals surface area contributed by atoms with Crippen LogP contribution in [0.2, 0.25) is 0 Å². The van der Waals surface area contributed by atoms with Gasteiger partial charge >= 0.3 is 0 Å². The van der Waals surface area contributed by atoms with Crippen LogP contribution in [-0.4, -0.2) is 41.5 Å². The molecule has 4 nitrogen and oxygen atoms in total. The van der Waals surface area contributed by atoms with Gasteiger partial charge < -0.3 is 5.32 Å². The molecule has 0 aliphatic heterocycles. The van der Waals surface area contributed by atoms with Gasteiger partial charge in [0.15, 0.2) is 0 Å². The topological polar surface area (TPSA) is 55.4 Å². The molecular formula is C28H60FNO3S. The lowest BCUT2D eigenvalue weighted by Crippen LogP contribution is -2.11. The third kappa shape index (κ3) is 34.0. The molecule has 0 atom stereocenters. The summed E-state index contributed by atoms with van der Waals surface area (Å²) in [5.41, 5.74) is 0. The Morgan fingerprint density at radius 3 is 1.26 bits per heavy atom. The maximum Gasteiger partial charge on any atom is 0.267 e. The number of hydrogen-bond donors (Lipinski definition) is 1. The monoisotopic (exact) mass is 509 g/mol. The maximum absolute atomic E-state index is 12.0. The van der Waals surface area contributed by atoms with Gasteiger partial charge in [0.1, 0.15) is 0 Å². The Bertz CT molecular complexity index is 461. The van der Waals surface area contributed by atoms with Crippen molar-refractivity contribution in [3.05, 3.63) is 0 Å². The number of rotatable bonds is 26. The van der Waals surface area contributed by atoms with Gasteiger partial charge in [0, 0.05) is 0 Å². The van der Waals surface area contributed by atoms with Gasteiger partial charge in [-0.25, -0.2) is 0 Å². The van der Waals surface area contributed by atoms with Crippen LogP contribution in [0.5, 0.6) is 0 Å². The molecule has 34 heavy (non-hydrogen) atoms. The van der Waals surface area contributed by atoms with E-state index in [0.29, 0.717) is 19.4 Å². The molecule has 0 aliphatic rings. The molecule has 0 heterocycles. The molecule has 0 spiro atoms. The minimum absolute atomic E-state index is 0.161. The fourth-order valence-corrected chi connectivity index (χ4v) is 5.02. The van der Waals surface area contributed by atoms with Crippen LogP contribution in [0.4, 0.5) is 4.39 Å². The van der Waals surface area contributed by atoms with Crippen LogP contribution in [0.15, 0.2) is 0 Å².